The molecule has 1 N–H and O–H groups in total. The Morgan fingerprint density at radius 1 is 1.23 bits per heavy atom. The topological polar surface area (TPSA) is 107 Å². The normalized spacial score (nSPS) is 16.9. The first-order valence-electron chi connectivity index (χ1n) is 8.46. The molecule has 2 rings (SSSR count). The van der Waals surface area contributed by atoms with E-state index in [9.17, 15) is 24.6 Å². The monoisotopic (exact) mass is 360 g/mol. The van der Waals surface area contributed by atoms with Crippen LogP contribution in [0.5, 0.6) is 5.75 Å². The highest BCUT2D eigenvalue weighted by Gasteiger charge is 2.43. The summed E-state index contributed by atoms with van der Waals surface area (Å²) < 4.78 is 5.35. The second-order valence-corrected chi connectivity index (χ2v) is 6.14. The summed E-state index contributed by atoms with van der Waals surface area (Å²) in [5, 5.41) is 20.7. The summed E-state index contributed by atoms with van der Waals surface area (Å²) >= 11 is 0. The minimum Gasteiger partial charge on any atom is -0.550 e. The Labute approximate surface area is 151 Å². The second kappa shape index (κ2) is 8.51. The first-order valence-corrected chi connectivity index (χ1v) is 8.46. The first-order chi connectivity index (χ1) is 12.4. The van der Waals surface area contributed by atoms with Gasteiger partial charge in [0.15, 0.2) is 11.5 Å². The smallest absolute Gasteiger partial charge is 0.290 e. The predicted molar refractivity (Wildman–Crippen MR) is 91.3 cm³/mol. The number of aliphatic carboxylic acids is 1. The van der Waals surface area contributed by atoms with E-state index in [1.54, 1.807) is 24.3 Å². The van der Waals surface area contributed by atoms with Gasteiger partial charge in [0.2, 0.25) is 0 Å². The van der Waals surface area contributed by atoms with Crippen molar-refractivity contribution < 1.29 is 29.3 Å². The van der Waals surface area contributed by atoms with Gasteiger partial charge in [-0.05, 0) is 32.3 Å². The van der Waals surface area contributed by atoms with Crippen molar-refractivity contribution in [3.8, 4) is 5.75 Å². The number of aliphatic hydroxyl groups is 1. The number of hydrogen-bond donors (Lipinski definition) is 1. The average molecular weight is 360 g/mol. The van der Waals surface area contributed by atoms with Gasteiger partial charge in [-0.2, -0.15) is 0 Å². The summed E-state index contributed by atoms with van der Waals surface area (Å²) in [4.78, 5) is 36.5. The Morgan fingerprint density at radius 2 is 1.92 bits per heavy atom. The van der Waals surface area contributed by atoms with Gasteiger partial charge in [0, 0.05) is 18.1 Å². The third kappa shape index (κ3) is 4.04. The molecule has 0 fully saturated rings. The zero-order valence-corrected chi connectivity index (χ0v) is 14.9. The van der Waals surface area contributed by atoms with E-state index >= 15 is 0 Å². The lowest BCUT2D eigenvalue weighted by atomic mass is 9.95. The molecule has 0 radical (unpaired) electrons. The largest absolute Gasteiger partial charge is 0.550 e. The van der Waals surface area contributed by atoms with Crippen molar-refractivity contribution in [2.75, 3.05) is 13.7 Å². The van der Waals surface area contributed by atoms with Crippen LogP contribution in [0.3, 0.4) is 0 Å². The molecule has 1 aliphatic rings. The maximum absolute atomic E-state index is 12.5. The molecule has 26 heavy (non-hydrogen) atoms. The molecular weight excluding hydrogens is 338 g/mol. The average Bonchev–Trinajstić information content (AvgIpc) is 2.85. The molecule has 0 spiro atoms. The lowest BCUT2D eigenvalue weighted by molar-refractivity contribution is -0.305. The molecule has 1 aliphatic heterocycles. The second-order valence-electron chi connectivity index (χ2n) is 6.14. The molecule has 1 aromatic rings. The van der Waals surface area contributed by atoms with E-state index in [4.69, 9.17) is 4.74 Å². The van der Waals surface area contributed by atoms with Crippen molar-refractivity contribution in [1.82, 2.24) is 4.90 Å². The van der Waals surface area contributed by atoms with E-state index in [0.29, 0.717) is 30.6 Å². The van der Waals surface area contributed by atoms with Crippen LogP contribution >= 0.6 is 0 Å². The van der Waals surface area contributed by atoms with Crippen LogP contribution in [0.25, 0.3) is 0 Å². The van der Waals surface area contributed by atoms with Crippen LogP contribution in [-0.2, 0) is 14.4 Å². The zero-order chi connectivity index (χ0) is 19.3. The van der Waals surface area contributed by atoms with Crippen LogP contribution in [0.1, 0.15) is 44.2 Å². The fourth-order valence-corrected chi connectivity index (χ4v) is 3.19. The number of rotatable bonds is 9. The van der Waals surface area contributed by atoms with Gasteiger partial charge in [-0.15, -0.1) is 0 Å². The van der Waals surface area contributed by atoms with Crippen LogP contribution < -0.4 is 9.84 Å². The van der Waals surface area contributed by atoms with E-state index < -0.39 is 23.7 Å². The number of nitrogens with zero attached hydrogens (tertiary/aromatic N) is 1. The van der Waals surface area contributed by atoms with Crippen molar-refractivity contribution in [1.29, 1.82) is 0 Å². The first kappa shape index (κ1) is 19.5. The van der Waals surface area contributed by atoms with Crippen molar-refractivity contribution in [2.24, 2.45) is 0 Å². The van der Waals surface area contributed by atoms with Crippen molar-refractivity contribution in [3.63, 3.8) is 0 Å². The number of carboxylic acid groups (broad SMARTS) is 1. The summed E-state index contributed by atoms with van der Waals surface area (Å²) in [5.74, 6) is -2.12. The molecule has 0 saturated carbocycles. The van der Waals surface area contributed by atoms with E-state index in [1.165, 1.54) is 18.9 Å². The summed E-state index contributed by atoms with van der Waals surface area (Å²) in [6.07, 6.45) is 1.55. The van der Waals surface area contributed by atoms with Crippen LogP contribution in [0.2, 0.25) is 0 Å². The van der Waals surface area contributed by atoms with Crippen LogP contribution in [-0.4, -0.2) is 41.3 Å². The van der Waals surface area contributed by atoms with E-state index in [0.717, 1.165) is 0 Å². The molecule has 1 atom stereocenters. The van der Waals surface area contributed by atoms with Gasteiger partial charge in [-0.1, -0.05) is 24.6 Å². The number of aliphatic hydroxyl groups excluding tert-OH is 1. The standard InChI is InChI=1S/C19H23NO6/c1-12(21)16-17(13-8-5-6-9-14(13)26-2)20(19(25)18(16)24)11-7-3-4-10-15(22)23/h5-6,8-9,17,24H,3-4,7,10-11H2,1-2H3,(H,22,23)/p-1/t17-/m0/s1. The van der Waals surface area contributed by atoms with Crippen molar-refractivity contribution in [2.45, 2.75) is 38.6 Å². The number of Topliss-reactive ketones (excluding diaryl/α,β-unsaturated/α-hetero) is 1. The highest BCUT2D eigenvalue weighted by Crippen LogP contribution is 2.41. The van der Waals surface area contributed by atoms with Crippen LogP contribution in [0.4, 0.5) is 0 Å². The van der Waals surface area contributed by atoms with E-state index in [1.807, 2.05) is 0 Å². The molecule has 0 unspecified atom stereocenters. The number of methoxy groups -OCH3 is 1. The molecule has 140 valence electrons. The van der Waals surface area contributed by atoms with Gasteiger partial charge in [0.05, 0.1) is 18.7 Å². The van der Waals surface area contributed by atoms with Crippen LogP contribution in [0, 0.1) is 0 Å². The minimum atomic E-state index is -1.10. The number of ether oxygens (including phenoxy) is 1. The summed E-state index contributed by atoms with van der Waals surface area (Å²) in [6, 6.07) is 6.30. The van der Waals surface area contributed by atoms with Gasteiger partial charge >= 0.3 is 0 Å². The lowest BCUT2D eigenvalue weighted by Gasteiger charge is -2.27. The number of ketones is 1. The highest BCUT2D eigenvalue weighted by atomic mass is 16.5. The Morgan fingerprint density at radius 3 is 2.54 bits per heavy atom. The molecule has 0 aliphatic carbocycles. The highest BCUT2D eigenvalue weighted by molar-refractivity contribution is 6.08. The van der Waals surface area contributed by atoms with Crippen molar-refractivity contribution >= 4 is 17.7 Å². The number of unbranched alkanes of at least 4 members (excludes halogenated alkanes) is 2. The predicted octanol–water partition coefficient (Wildman–Crippen LogP) is 1.29. The quantitative estimate of drug-likeness (QED) is 0.665. The number of carboxylic acids is 1. The Hall–Kier alpha value is -2.83. The SMILES string of the molecule is COc1ccccc1[C@H]1C(C(C)=O)=C(O)C(=O)N1CCCCCC(=O)[O-]. The van der Waals surface area contributed by atoms with Gasteiger partial charge < -0.3 is 24.6 Å². The lowest BCUT2D eigenvalue weighted by Crippen LogP contribution is -2.32. The molecule has 7 nitrogen and oxygen atoms in total. The third-order valence-electron chi connectivity index (χ3n) is 4.40. The Kier molecular flexibility index (Phi) is 6.38. The number of hydrogen-bond acceptors (Lipinski definition) is 6. The van der Waals surface area contributed by atoms with E-state index in [2.05, 4.69) is 0 Å². The molecule has 0 aromatic heterocycles. The number of carbonyl (C=O) groups is 3. The van der Waals surface area contributed by atoms with Gasteiger partial charge in [0.1, 0.15) is 5.75 Å². The zero-order valence-electron chi connectivity index (χ0n) is 14.9. The number of para-hydroxylation sites is 1. The molecule has 0 bridgehead atoms. The Balaban J connectivity index is 2.27. The van der Waals surface area contributed by atoms with Crippen LogP contribution in [0.15, 0.2) is 35.6 Å². The summed E-state index contributed by atoms with van der Waals surface area (Å²) in [5.41, 5.74) is 0.668. The third-order valence-corrected chi connectivity index (χ3v) is 4.40. The van der Waals surface area contributed by atoms with Crippen molar-refractivity contribution in [3.05, 3.63) is 41.2 Å². The van der Waals surface area contributed by atoms with Gasteiger partial charge in [0.25, 0.3) is 5.91 Å². The minimum absolute atomic E-state index is 0.0356. The fraction of sp³-hybridized carbons (Fsp3) is 0.421. The fourth-order valence-electron chi connectivity index (χ4n) is 3.19. The summed E-state index contributed by atoms with van der Waals surface area (Å²) in [7, 11) is 1.50. The molecular formula is C19H22NO6-. The van der Waals surface area contributed by atoms with Gasteiger partial charge in [-0.3, -0.25) is 9.59 Å². The summed E-state index contributed by atoms with van der Waals surface area (Å²) in [6.45, 7) is 1.60. The molecule has 1 amide bonds. The molecule has 1 heterocycles. The maximum Gasteiger partial charge on any atom is 0.290 e. The number of benzene rings is 1. The Bertz CT molecular complexity index is 739. The maximum atomic E-state index is 12.5. The molecule has 7 heteroatoms. The number of carbonyl (C=O) groups excluding carboxylic acids is 3. The number of amides is 1. The van der Waals surface area contributed by atoms with E-state index in [-0.39, 0.29) is 24.3 Å². The van der Waals surface area contributed by atoms with Gasteiger partial charge in [-0.25, -0.2) is 0 Å². The molecule has 0 saturated heterocycles. The molecule has 1 aromatic carbocycles.